The zero-order valence-corrected chi connectivity index (χ0v) is 16.7. The first kappa shape index (κ1) is 18.5. The van der Waals surface area contributed by atoms with E-state index in [9.17, 15) is 4.79 Å². The predicted molar refractivity (Wildman–Crippen MR) is 118 cm³/mol. The molecular weight excluding hydrogens is 389 g/mol. The molecule has 0 bridgehead atoms. The van der Waals surface area contributed by atoms with Crippen molar-refractivity contribution in [1.82, 2.24) is 4.57 Å². The summed E-state index contributed by atoms with van der Waals surface area (Å²) in [6, 6.07) is 26.7. The lowest BCUT2D eigenvalue weighted by molar-refractivity contribution is 1.04. The van der Waals surface area contributed by atoms with Gasteiger partial charge in [0.05, 0.1) is 11.4 Å². The molecular formula is C24H17Cl2NO. The minimum atomic E-state index is -0.00554. The van der Waals surface area contributed by atoms with Crippen molar-refractivity contribution in [3.05, 3.63) is 111 Å². The highest BCUT2D eigenvalue weighted by Crippen LogP contribution is 2.32. The van der Waals surface area contributed by atoms with Crippen LogP contribution in [-0.2, 0) is 0 Å². The van der Waals surface area contributed by atoms with Gasteiger partial charge in [-0.25, -0.2) is 0 Å². The number of benzene rings is 3. The van der Waals surface area contributed by atoms with E-state index >= 15 is 0 Å². The zero-order chi connectivity index (χ0) is 19.7. The van der Waals surface area contributed by atoms with E-state index in [0.717, 1.165) is 28.2 Å². The van der Waals surface area contributed by atoms with E-state index in [1.807, 2.05) is 85.8 Å². The maximum atomic E-state index is 12.9. The molecule has 0 saturated heterocycles. The van der Waals surface area contributed by atoms with Gasteiger partial charge in [0.25, 0.3) is 0 Å². The van der Waals surface area contributed by atoms with E-state index < -0.39 is 0 Å². The molecule has 4 heteroatoms. The summed E-state index contributed by atoms with van der Waals surface area (Å²) in [4.78, 5) is 12.9. The highest BCUT2D eigenvalue weighted by Gasteiger charge is 2.17. The Morgan fingerprint density at radius 2 is 1.29 bits per heavy atom. The quantitative estimate of drug-likeness (QED) is 0.367. The molecule has 0 unspecified atom stereocenters. The molecule has 0 saturated carbocycles. The number of nitrogens with zero attached hydrogens (tertiary/aromatic N) is 1. The molecule has 0 atom stereocenters. The fourth-order valence-electron chi connectivity index (χ4n) is 3.33. The van der Waals surface area contributed by atoms with Crippen LogP contribution in [0.15, 0.2) is 89.7 Å². The Hall–Kier alpha value is -2.81. The SMILES string of the molecule is Cc1c(-c2ccc(Cl)cc2)n(-c2ccc(Cl)cc2)c(-c2ccccc2)cc1=O. The van der Waals surface area contributed by atoms with Crippen molar-refractivity contribution in [1.29, 1.82) is 0 Å². The van der Waals surface area contributed by atoms with E-state index in [1.54, 1.807) is 6.07 Å². The van der Waals surface area contributed by atoms with Crippen LogP contribution in [0.25, 0.3) is 28.2 Å². The second-order valence-electron chi connectivity index (χ2n) is 6.55. The Morgan fingerprint density at radius 1 is 0.714 bits per heavy atom. The minimum Gasteiger partial charge on any atom is -0.309 e. The Kier molecular flexibility index (Phi) is 5.08. The molecule has 0 aliphatic carbocycles. The number of rotatable bonds is 3. The van der Waals surface area contributed by atoms with Crippen LogP contribution in [-0.4, -0.2) is 4.57 Å². The van der Waals surface area contributed by atoms with Gasteiger partial charge in [-0.3, -0.25) is 4.79 Å². The van der Waals surface area contributed by atoms with Crippen molar-refractivity contribution < 1.29 is 0 Å². The maximum absolute atomic E-state index is 12.9. The van der Waals surface area contributed by atoms with Gasteiger partial charge in [0.2, 0.25) is 0 Å². The summed E-state index contributed by atoms with van der Waals surface area (Å²) in [6.07, 6.45) is 0. The zero-order valence-electron chi connectivity index (χ0n) is 15.2. The molecule has 0 aliphatic rings. The van der Waals surface area contributed by atoms with Gasteiger partial charge in [-0.15, -0.1) is 0 Å². The van der Waals surface area contributed by atoms with Gasteiger partial charge in [0.15, 0.2) is 5.43 Å². The smallest absolute Gasteiger partial charge is 0.185 e. The lowest BCUT2D eigenvalue weighted by Gasteiger charge is -2.21. The van der Waals surface area contributed by atoms with E-state index in [2.05, 4.69) is 4.57 Å². The topological polar surface area (TPSA) is 22.0 Å². The molecule has 0 spiro atoms. The van der Waals surface area contributed by atoms with Gasteiger partial charge in [0.1, 0.15) is 0 Å². The van der Waals surface area contributed by atoms with Crippen LogP contribution in [0.2, 0.25) is 10.0 Å². The number of aromatic nitrogens is 1. The van der Waals surface area contributed by atoms with E-state index in [-0.39, 0.29) is 5.43 Å². The van der Waals surface area contributed by atoms with Crippen molar-refractivity contribution in [2.45, 2.75) is 6.92 Å². The molecule has 0 amide bonds. The van der Waals surface area contributed by atoms with Crippen LogP contribution < -0.4 is 5.43 Å². The van der Waals surface area contributed by atoms with E-state index in [4.69, 9.17) is 23.2 Å². The average Bonchev–Trinajstić information content (AvgIpc) is 2.72. The molecule has 0 fully saturated rings. The predicted octanol–water partition coefficient (Wildman–Crippen LogP) is 6.79. The molecule has 0 radical (unpaired) electrons. The van der Waals surface area contributed by atoms with Gasteiger partial charge in [-0.05, 0) is 54.4 Å². The highest BCUT2D eigenvalue weighted by atomic mass is 35.5. The third-order valence-corrected chi connectivity index (χ3v) is 5.23. The monoisotopic (exact) mass is 405 g/mol. The van der Waals surface area contributed by atoms with Crippen LogP contribution in [0.3, 0.4) is 0 Å². The van der Waals surface area contributed by atoms with Crippen LogP contribution in [0, 0.1) is 6.92 Å². The van der Waals surface area contributed by atoms with Crippen molar-refractivity contribution >= 4 is 23.2 Å². The molecule has 0 aliphatic heterocycles. The van der Waals surface area contributed by atoms with Gasteiger partial charge in [0, 0.05) is 27.4 Å². The van der Waals surface area contributed by atoms with Crippen molar-refractivity contribution in [2.75, 3.05) is 0 Å². The summed E-state index contributed by atoms with van der Waals surface area (Å²) in [6.45, 7) is 1.85. The first-order chi connectivity index (χ1) is 13.5. The molecule has 138 valence electrons. The molecule has 0 N–H and O–H groups in total. The normalized spacial score (nSPS) is 10.8. The second-order valence-corrected chi connectivity index (χ2v) is 7.43. The number of hydrogen-bond donors (Lipinski definition) is 0. The molecule has 1 aromatic heterocycles. The Labute approximate surface area is 173 Å². The van der Waals surface area contributed by atoms with E-state index in [1.165, 1.54) is 0 Å². The van der Waals surface area contributed by atoms with Gasteiger partial charge >= 0.3 is 0 Å². The number of hydrogen-bond acceptors (Lipinski definition) is 1. The Morgan fingerprint density at radius 3 is 1.89 bits per heavy atom. The molecule has 4 rings (SSSR count). The van der Waals surface area contributed by atoms with Crippen LogP contribution in [0.1, 0.15) is 5.56 Å². The molecule has 2 nitrogen and oxygen atoms in total. The third kappa shape index (κ3) is 3.49. The van der Waals surface area contributed by atoms with Crippen LogP contribution in [0.4, 0.5) is 0 Å². The first-order valence-electron chi connectivity index (χ1n) is 8.88. The standard InChI is InChI=1S/C24H17Cl2NO/c1-16-23(28)15-22(17-5-3-2-4-6-17)27(21-13-11-20(26)12-14-21)24(16)18-7-9-19(25)10-8-18/h2-15H,1H3. The van der Waals surface area contributed by atoms with Gasteiger partial charge in [-0.1, -0.05) is 65.7 Å². The van der Waals surface area contributed by atoms with Gasteiger partial charge in [-0.2, -0.15) is 0 Å². The van der Waals surface area contributed by atoms with Crippen LogP contribution in [0.5, 0.6) is 0 Å². The van der Waals surface area contributed by atoms with Gasteiger partial charge < -0.3 is 4.57 Å². The first-order valence-corrected chi connectivity index (χ1v) is 9.64. The molecule has 1 heterocycles. The summed E-state index contributed by atoms with van der Waals surface area (Å²) in [5.74, 6) is 0. The highest BCUT2D eigenvalue weighted by molar-refractivity contribution is 6.30. The summed E-state index contributed by atoms with van der Waals surface area (Å²) in [5, 5.41) is 1.32. The Balaban J connectivity index is 2.12. The van der Waals surface area contributed by atoms with Crippen molar-refractivity contribution in [3.63, 3.8) is 0 Å². The largest absolute Gasteiger partial charge is 0.309 e. The lowest BCUT2D eigenvalue weighted by atomic mass is 10.0. The molecule has 3 aromatic carbocycles. The second kappa shape index (κ2) is 7.67. The van der Waals surface area contributed by atoms with E-state index in [0.29, 0.717) is 15.6 Å². The van der Waals surface area contributed by atoms with Crippen molar-refractivity contribution in [2.24, 2.45) is 0 Å². The molecule has 4 aromatic rings. The average molecular weight is 406 g/mol. The maximum Gasteiger partial charge on any atom is 0.185 e. The summed E-state index contributed by atoms with van der Waals surface area (Å²) in [5.41, 5.74) is 5.15. The fraction of sp³-hybridized carbons (Fsp3) is 0.0417. The Bertz CT molecular complexity index is 1180. The summed E-state index contributed by atoms with van der Waals surface area (Å²) in [7, 11) is 0. The lowest BCUT2D eigenvalue weighted by Crippen LogP contribution is -2.15. The fourth-order valence-corrected chi connectivity index (χ4v) is 3.59. The summed E-state index contributed by atoms with van der Waals surface area (Å²) < 4.78 is 2.10. The minimum absolute atomic E-state index is 0.00554. The number of halogens is 2. The van der Waals surface area contributed by atoms with Crippen LogP contribution >= 0.6 is 23.2 Å². The summed E-state index contributed by atoms with van der Waals surface area (Å²) >= 11 is 12.2. The number of pyridine rings is 1. The third-order valence-electron chi connectivity index (χ3n) is 4.73. The van der Waals surface area contributed by atoms with Crippen molar-refractivity contribution in [3.8, 4) is 28.2 Å². The molecule has 28 heavy (non-hydrogen) atoms.